The summed E-state index contributed by atoms with van der Waals surface area (Å²) in [6, 6.07) is 12.7. The van der Waals surface area contributed by atoms with Crippen LogP contribution in [-0.4, -0.2) is 11.0 Å². The van der Waals surface area contributed by atoms with Crippen molar-refractivity contribution in [2.24, 2.45) is 5.73 Å². The summed E-state index contributed by atoms with van der Waals surface area (Å²) in [6.45, 7) is 0. The second kappa shape index (κ2) is 4.24. The first-order chi connectivity index (χ1) is 8.22. The minimum absolute atomic E-state index is 0.248. The summed E-state index contributed by atoms with van der Waals surface area (Å²) >= 11 is 3.44. The van der Waals surface area contributed by atoms with Gasteiger partial charge >= 0.3 is 0 Å². The van der Waals surface area contributed by atoms with E-state index < -0.39 is 0 Å². The summed E-state index contributed by atoms with van der Waals surface area (Å²) in [6.07, 6.45) is 1.86. The van der Waals surface area contributed by atoms with Crippen LogP contribution in [-0.2, 0) is 12.8 Å². The van der Waals surface area contributed by atoms with Crippen molar-refractivity contribution in [2.45, 2.75) is 18.9 Å². The van der Waals surface area contributed by atoms with E-state index in [1.807, 2.05) is 12.1 Å². The molecule has 0 radical (unpaired) electrons. The second-order valence-corrected chi connectivity index (χ2v) is 5.39. The van der Waals surface area contributed by atoms with E-state index >= 15 is 0 Å². The molecule has 2 N–H and O–H groups in total. The highest BCUT2D eigenvalue weighted by Gasteiger charge is 2.19. The maximum Gasteiger partial charge on any atom is 0.0705 e. The number of nitrogens with zero attached hydrogens (tertiary/aromatic N) is 1. The van der Waals surface area contributed by atoms with Crippen LogP contribution in [0.1, 0.15) is 11.3 Å². The summed E-state index contributed by atoms with van der Waals surface area (Å²) in [4.78, 5) is 4.71. The highest BCUT2D eigenvalue weighted by molar-refractivity contribution is 9.10. The van der Waals surface area contributed by atoms with Gasteiger partial charge in [-0.1, -0.05) is 34.1 Å². The highest BCUT2D eigenvalue weighted by atomic mass is 79.9. The van der Waals surface area contributed by atoms with E-state index in [1.54, 1.807) is 0 Å². The lowest BCUT2D eigenvalue weighted by Gasteiger charge is -2.04. The summed E-state index contributed by atoms with van der Waals surface area (Å²) in [5.41, 5.74) is 10.6. The molecule has 0 saturated heterocycles. The maximum atomic E-state index is 5.95. The monoisotopic (exact) mass is 288 g/mol. The zero-order chi connectivity index (χ0) is 11.8. The van der Waals surface area contributed by atoms with Gasteiger partial charge in [-0.3, -0.25) is 4.98 Å². The van der Waals surface area contributed by atoms with Crippen LogP contribution in [0.25, 0.3) is 11.3 Å². The molecule has 0 fully saturated rings. The Morgan fingerprint density at radius 1 is 1.06 bits per heavy atom. The summed E-state index contributed by atoms with van der Waals surface area (Å²) in [5.74, 6) is 0. The Bertz CT molecular complexity index is 549. The van der Waals surface area contributed by atoms with Gasteiger partial charge in [-0.05, 0) is 30.2 Å². The number of benzene rings is 1. The molecule has 0 bridgehead atoms. The SMILES string of the molecule is NC1Cc2ccc(-c3ccc(Br)cc3)nc2C1. The van der Waals surface area contributed by atoms with E-state index in [4.69, 9.17) is 10.7 Å². The van der Waals surface area contributed by atoms with E-state index in [0.29, 0.717) is 0 Å². The molecule has 1 heterocycles. The summed E-state index contributed by atoms with van der Waals surface area (Å²) in [5, 5.41) is 0. The Labute approximate surface area is 109 Å². The predicted octanol–water partition coefficient (Wildman–Crippen LogP) is 2.94. The van der Waals surface area contributed by atoms with Gasteiger partial charge in [0.2, 0.25) is 0 Å². The Morgan fingerprint density at radius 3 is 2.59 bits per heavy atom. The van der Waals surface area contributed by atoms with Crippen LogP contribution in [0.4, 0.5) is 0 Å². The van der Waals surface area contributed by atoms with Crippen molar-refractivity contribution in [3.63, 3.8) is 0 Å². The highest BCUT2D eigenvalue weighted by Crippen LogP contribution is 2.25. The third-order valence-electron chi connectivity index (χ3n) is 3.15. The summed E-state index contributed by atoms with van der Waals surface area (Å²) in [7, 11) is 0. The number of pyridine rings is 1. The van der Waals surface area contributed by atoms with Gasteiger partial charge < -0.3 is 5.73 Å². The Hall–Kier alpha value is -1.19. The van der Waals surface area contributed by atoms with Crippen molar-refractivity contribution >= 4 is 15.9 Å². The molecule has 0 spiro atoms. The molecule has 1 atom stereocenters. The van der Waals surface area contributed by atoms with Crippen LogP contribution in [0.15, 0.2) is 40.9 Å². The average molecular weight is 289 g/mol. The van der Waals surface area contributed by atoms with Crippen LogP contribution in [0.5, 0.6) is 0 Å². The lowest BCUT2D eigenvalue weighted by molar-refractivity contribution is 0.716. The van der Waals surface area contributed by atoms with Crippen LogP contribution < -0.4 is 5.73 Å². The van der Waals surface area contributed by atoms with Crippen LogP contribution in [0.3, 0.4) is 0 Å². The van der Waals surface area contributed by atoms with Crippen molar-refractivity contribution in [3.05, 3.63) is 52.1 Å². The molecule has 86 valence electrons. The molecule has 2 aromatic rings. The Balaban J connectivity index is 2.00. The largest absolute Gasteiger partial charge is 0.327 e. The van der Waals surface area contributed by atoms with E-state index in [2.05, 4.69) is 40.2 Å². The Morgan fingerprint density at radius 2 is 1.82 bits per heavy atom. The standard InChI is InChI=1S/C14H13BrN2/c15-11-4-1-9(2-5-11)13-6-3-10-7-12(16)8-14(10)17-13/h1-6,12H,7-8,16H2. The van der Waals surface area contributed by atoms with Crippen molar-refractivity contribution < 1.29 is 0 Å². The number of halogens is 1. The van der Waals surface area contributed by atoms with Gasteiger partial charge in [0, 0.05) is 28.2 Å². The van der Waals surface area contributed by atoms with E-state index in [9.17, 15) is 0 Å². The molecule has 1 unspecified atom stereocenters. The Kier molecular flexibility index (Phi) is 2.73. The fourth-order valence-electron chi connectivity index (χ4n) is 2.28. The fraction of sp³-hybridized carbons (Fsp3) is 0.214. The number of hydrogen-bond donors (Lipinski definition) is 1. The molecule has 0 saturated carbocycles. The number of hydrogen-bond acceptors (Lipinski definition) is 2. The number of rotatable bonds is 1. The first kappa shape index (κ1) is 10.9. The summed E-state index contributed by atoms with van der Waals surface area (Å²) < 4.78 is 1.09. The van der Waals surface area contributed by atoms with Gasteiger partial charge in [-0.25, -0.2) is 0 Å². The first-order valence-electron chi connectivity index (χ1n) is 5.73. The first-order valence-corrected chi connectivity index (χ1v) is 6.52. The zero-order valence-corrected chi connectivity index (χ0v) is 10.9. The number of fused-ring (bicyclic) bond motifs is 1. The molecular formula is C14H13BrN2. The van der Waals surface area contributed by atoms with Crippen LogP contribution in [0.2, 0.25) is 0 Å². The maximum absolute atomic E-state index is 5.95. The van der Waals surface area contributed by atoms with Crippen LogP contribution in [0, 0.1) is 0 Å². The molecule has 0 aliphatic heterocycles. The molecule has 3 rings (SSSR count). The predicted molar refractivity (Wildman–Crippen MR) is 72.8 cm³/mol. The van der Waals surface area contributed by atoms with Crippen molar-refractivity contribution in [1.82, 2.24) is 4.98 Å². The molecule has 1 aromatic heterocycles. The van der Waals surface area contributed by atoms with Crippen molar-refractivity contribution in [3.8, 4) is 11.3 Å². The van der Waals surface area contributed by atoms with Gasteiger partial charge in [-0.2, -0.15) is 0 Å². The molecule has 0 amide bonds. The lowest BCUT2D eigenvalue weighted by atomic mass is 10.1. The van der Waals surface area contributed by atoms with Crippen molar-refractivity contribution in [1.29, 1.82) is 0 Å². The second-order valence-electron chi connectivity index (χ2n) is 4.48. The molecule has 2 nitrogen and oxygen atoms in total. The van der Waals surface area contributed by atoms with Gasteiger partial charge in [0.15, 0.2) is 0 Å². The minimum Gasteiger partial charge on any atom is -0.327 e. The fourth-order valence-corrected chi connectivity index (χ4v) is 2.54. The molecule has 1 aliphatic carbocycles. The molecule has 1 aromatic carbocycles. The van der Waals surface area contributed by atoms with Crippen LogP contribution >= 0.6 is 15.9 Å². The molecule has 17 heavy (non-hydrogen) atoms. The van der Waals surface area contributed by atoms with Gasteiger partial charge in [0.1, 0.15) is 0 Å². The number of aromatic nitrogens is 1. The van der Waals surface area contributed by atoms with Gasteiger partial charge in [0.25, 0.3) is 0 Å². The molecule has 3 heteroatoms. The van der Waals surface area contributed by atoms with Gasteiger partial charge in [0.05, 0.1) is 5.69 Å². The third kappa shape index (κ3) is 2.13. The zero-order valence-electron chi connectivity index (χ0n) is 9.36. The normalized spacial score (nSPS) is 18.1. The number of nitrogens with two attached hydrogens (primary N) is 1. The molecule has 1 aliphatic rings. The smallest absolute Gasteiger partial charge is 0.0705 e. The average Bonchev–Trinajstić information content (AvgIpc) is 2.69. The molecular weight excluding hydrogens is 276 g/mol. The van der Waals surface area contributed by atoms with E-state index in [1.165, 1.54) is 5.56 Å². The van der Waals surface area contributed by atoms with E-state index in [0.717, 1.165) is 34.3 Å². The van der Waals surface area contributed by atoms with Crippen molar-refractivity contribution in [2.75, 3.05) is 0 Å². The van der Waals surface area contributed by atoms with Gasteiger partial charge in [-0.15, -0.1) is 0 Å². The quantitative estimate of drug-likeness (QED) is 0.876. The topological polar surface area (TPSA) is 38.9 Å². The minimum atomic E-state index is 0.248. The lowest BCUT2D eigenvalue weighted by Crippen LogP contribution is -2.19. The van der Waals surface area contributed by atoms with E-state index in [-0.39, 0.29) is 6.04 Å². The third-order valence-corrected chi connectivity index (χ3v) is 3.67.